The van der Waals surface area contributed by atoms with E-state index in [2.05, 4.69) is 6.92 Å². The Hall–Kier alpha value is -1.78. The van der Waals surface area contributed by atoms with Crippen LogP contribution >= 0.6 is 0 Å². The maximum atomic E-state index is 13.2. The van der Waals surface area contributed by atoms with Crippen molar-refractivity contribution in [2.24, 2.45) is 0 Å². The summed E-state index contributed by atoms with van der Waals surface area (Å²) >= 11 is 0. The second kappa shape index (κ2) is 7.61. The summed E-state index contributed by atoms with van der Waals surface area (Å²) in [5.74, 6) is -1.90. The summed E-state index contributed by atoms with van der Waals surface area (Å²) in [4.78, 5) is 11.0. The van der Waals surface area contributed by atoms with Crippen molar-refractivity contribution in [2.45, 2.75) is 39.0 Å². The minimum absolute atomic E-state index is 0.127. The van der Waals surface area contributed by atoms with Crippen LogP contribution in [0.15, 0.2) is 12.1 Å². The first-order valence-electron chi connectivity index (χ1n) is 6.52. The third-order valence-electron chi connectivity index (χ3n) is 2.87. The number of aromatic carboxylic acids is 1. The molecule has 4 nitrogen and oxygen atoms in total. The van der Waals surface area contributed by atoms with E-state index in [0.29, 0.717) is 6.61 Å². The zero-order chi connectivity index (χ0) is 14.3. The monoisotopic (exact) mass is 269 g/mol. The highest BCUT2D eigenvalue weighted by Crippen LogP contribution is 2.27. The fourth-order valence-electron chi connectivity index (χ4n) is 1.80. The van der Waals surface area contributed by atoms with Gasteiger partial charge in [0.15, 0.2) is 0 Å². The van der Waals surface area contributed by atoms with Crippen LogP contribution < -0.4 is 10.5 Å². The van der Waals surface area contributed by atoms with E-state index in [1.54, 1.807) is 0 Å². The maximum Gasteiger partial charge on any atom is 0.341 e. The average Bonchev–Trinajstić information content (AvgIpc) is 2.37. The molecule has 0 amide bonds. The van der Waals surface area contributed by atoms with Crippen LogP contribution in [0, 0.1) is 5.82 Å². The number of hydrogen-bond donors (Lipinski definition) is 2. The van der Waals surface area contributed by atoms with Gasteiger partial charge in [-0.3, -0.25) is 0 Å². The van der Waals surface area contributed by atoms with Crippen molar-refractivity contribution < 1.29 is 19.0 Å². The van der Waals surface area contributed by atoms with Crippen LogP contribution in [0.1, 0.15) is 49.4 Å². The second-order valence-electron chi connectivity index (χ2n) is 4.40. The topological polar surface area (TPSA) is 72.5 Å². The molecule has 0 aromatic heterocycles. The van der Waals surface area contributed by atoms with E-state index in [4.69, 9.17) is 15.6 Å². The predicted octanol–water partition coefficient (Wildman–Crippen LogP) is 3.46. The third-order valence-corrected chi connectivity index (χ3v) is 2.87. The van der Waals surface area contributed by atoms with Crippen LogP contribution in [0.4, 0.5) is 10.1 Å². The summed E-state index contributed by atoms with van der Waals surface area (Å²) in [6.07, 6.45) is 5.36. The van der Waals surface area contributed by atoms with Crippen LogP contribution in [-0.2, 0) is 0 Å². The summed E-state index contributed by atoms with van der Waals surface area (Å²) in [5.41, 5.74) is 4.74. The quantitative estimate of drug-likeness (QED) is 0.560. The number of rotatable bonds is 8. The number of unbranched alkanes of at least 4 members (excludes halogenated alkanes) is 4. The first-order chi connectivity index (χ1) is 9.07. The summed E-state index contributed by atoms with van der Waals surface area (Å²) in [7, 11) is 0. The Labute approximate surface area is 112 Å². The molecule has 0 saturated carbocycles. The van der Waals surface area contributed by atoms with Gasteiger partial charge in [-0.15, -0.1) is 0 Å². The number of nitrogen functional groups attached to an aromatic ring is 1. The lowest BCUT2D eigenvalue weighted by Crippen LogP contribution is -2.09. The van der Waals surface area contributed by atoms with E-state index < -0.39 is 11.8 Å². The zero-order valence-corrected chi connectivity index (χ0v) is 11.1. The number of hydrogen-bond acceptors (Lipinski definition) is 3. The van der Waals surface area contributed by atoms with Gasteiger partial charge in [-0.05, 0) is 18.6 Å². The highest BCUT2D eigenvalue weighted by atomic mass is 19.1. The number of nitrogens with two attached hydrogens (primary N) is 1. The average molecular weight is 269 g/mol. The van der Waals surface area contributed by atoms with Crippen molar-refractivity contribution in [3.63, 3.8) is 0 Å². The molecule has 5 heteroatoms. The second-order valence-corrected chi connectivity index (χ2v) is 4.40. The van der Waals surface area contributed by atoms with Gasteiger partial charge in [-0.1, -0.05) is 32.6 Å². The van der Waals surface area contributed by atoms with Gasteiger partial charge in [0.2, 0.25) is 0 Å². The lowest BCUT2D eigenvalue weighted by molar-refractivity contribution is 0.0693. The van der Waals surface area contributed by atoms with E-state index in [1.807, 2.05) is 0 Å². The highest BCUT2D eigenvalue weighted by Gasteiger charge is 2.18. The molecule has 0 aliphatic rings. The van der Waals surface area contributed by atoms with Crippen LogP contribution in [0.25, 0.3) is 0 Å². The molecule has 106 valence electrons. The third kappa shape index (κ3) is 4.43. The van der Waals surface area contributed by atoms with Crippen molar-refractivity contribution >= 4 is 11.7 Å². The zero-order valence-electron chi connectivity index (χ0n) is 11.1. The Kier molecular flexibility index (Phi) is 6.12. The van der Waals surface area contributed by atoms with Gasteiger partial charge in [0.05, 0.1) is 12.3 Å². The minimum atomic E-state index is -1.28. The van der Waals surface area contributed by atoms with Gasteiger partial charge in [-0.25, -0.2) is 9.18 Å². The number of anilines is 1. The van der Waals surface area contributed by atoms with E-state index >= 15 is 0 Å². The lowest BCUT2D eigenvalue weighted by atomic mass is 10.1. The largest absolute Gasteiger partial charge is 0.493 e. The fourth-order valence-corrected chi connectivity index (χ4v) is 1.80. The first kappa shape index (κ1) is 15.3. The molecule has 0 spiro atoms. The molecule has 0 aliphatic carbocycles. The van der Waals surface area contributed by atoms with Crippen molar-refractivity contribution in [1.29, 1.82) is 0 Å². The van der Waals surface area contributed by atoms with Crippen LogP contribution in [0.3, 0.4) is 0 Å². The van der Waals surface area contributed by atoms with Gasteiger partial charge in [0.25, 0.3) is 0 Å². The van der Waals surface area contributed by atoms with Crippen molar-refractivity contribution in [1.82, 2.24) is 0 Å². The summed E-state index contributed by atoms with van der Waals surface area (Å²) in [6, 6.07) is 2.43. The molecule has 0 fully saturated rings. The molecular formula is C14H20FNO3. The molecule has 0 radical (unpaired) electrons. The molecule has 1 aromatic rings. The van der Waals surface area contributed by atoms with Gasteiger partial charge < -0.3 is 15.6 Å². The smallest absolute Gasteiger partial charge is 0.341 e. The highest BCUT2D eigenvalue weighted by molar-refractivity contribution is 5.96. The maximum absolute atomic E-state index is 13.2. The van der Waals surface area contributed by atoms with Crippen molar-refractivity contribution in [3.8, 4) is 5.75 Å². The number of carbonyl (C=O) groups is 1. The van der Waals surface area contributed by atoms with Crippen molar-refractivity contribution in [2.75, 3.05) is 12.3 Å². The Bertz CT molecular complexity index is 435. The van der Waals surface area contributed by atoms with Crippen LogP contribution in [-0.4, -0.2) is 17.7 Å². The molecule has 0 heterocycles. The number of carboxylic acid groups (broad SMARTS) is 1. The SMILES string of the molecule is CCCCCCCOc1ccc(F)c(N)c1C(=O)O. The standard InChI is InChI=1S/C14H20FNO3/c1-2-3-4-5-6-9-19-11-8-7-10(15)13(16)12(11)14(17)18/h7-8H,2-6,9,16H2,1H3,(H,17,18). The molecule has 1 rings (SSSR count). The number of ether oxygens (including phenoxy) is 1. The van der Waals surface area contributed by atoms with Gasteiger partial charge in [0, 0.05) is 0 Å². The molecule has 19 heavy (non-hydrogen) atoms. The Morgan fingerprint density at radius 3 is 2.63 bits per heavy atom. The summed E-state index contributed by atoms with van der Waals surface area (Å²) in [5, 5.41) is 9.02. The Morgan fingerprint density at radius 2 is 2.00 bits per heavy atom. The summed E-state index contributed by atoms with van der Waals surface area (Å²) in [6.45, 7) is 2.55. The Morgan fingerprint density at radius 1 is 1.32 bits per heavy atom. The van der Waals surface area contributed by atoms with Crippen LogP contribution in [0.2, 0.25) is 0 Å². The van der Waals surface area contributed by atoms with Gasteiger partial charge >= 0.3 is 5.97 Å². The molecule has 0 unspecified atom stereocenters. The van der Waals surface area contributed by atoms with E-state index in [1.165, 1.54) is 18.9 Å². The molecule has 0 atom stereocenters. The minimum Gasteiger partial charge on any atom is -0.493 e. The lowest BCUT2D eigenvalue weighted by Gasteiger charge is -2.11. The normalized spacial score (nSPS) is 10.4. The molecule has 0 aliphatic heterocycles. The number of halogens is 1. The number of benzene rings is 1. The van der Waals surface area contributed by atoms with E-state index in [9.17, 15) is 9.18 Å². The van der Waals surface area contributed by atoms with Crippen molar-refractivity contribution in [3.05, 3.63) is 23.5 Å². The predicted molar refractivity (Wildman–Crippen MR) is 72.0 cm³/mol. The van der Waals surface area contributed by atoms with Gasteiger partial charge in [-0.2, -0.15) is 0 Å². The first-order valence-corrected chi connectivity index (χ1v) is 6.52. The van der Waals surface area contributed by atoms with E-state index in [-0.39, 0.29) is 17.0 Å². The summed E-state index contributed by atoms with van der Waals surface area (Å²) < 4.78 is 18.6. The molecule has 1 aromatic carbocycles. The molecular weight excluding hydrogens is 249 g/mol. The molecule has 0 saturated heterocycles. The van der Waals surface area contributed by atoms with E-state index in [0.717, 1.165) is 25.3 Å². The fraction of sp³-hybridized carbons (Fsp3) is 0.500. The number of carboxylic acids is 1. The van der Waals surface area contributed by atoms with Crippen LogP contribution in [0.5, 0.6) is 5.75 Å². The molecule has 0 bridgehead atoms. The molecule has 3 N–H and O–H groups in total. The Balaban J connectivity index is 2.58. The van der Waals surface area contributed by atoms with Gasteiger partial charge in [0.1, 0.15) is 17.1 Å².